The van der Waals surface area contributed by atoms with Gasteiger partial charge in [0.15, 0.2) is 0 Å². The zero-order valence-electron chi connectivity index (χ0n) is 13.2. The molecule has 1 saturated carbocycles. The lowest BCUT2D eigenvalue weighted by molar-refractivity contribution is 0.320. The van der Waals surface area contributed by atoms with E-state index in [0.717, 1.165) is 18.5 Å². The Morgan fingerprint density at radius 1 is 1.21 bits per heavy atom. The lowest BCUT2D eigenvalue weighted by atomic mass is 9.95. The van der Waals surface area contributed by atoms with Gasteiger partial charge in [0.05, 0.1) is 35.5 Å². The molecule has 1 aliphatic rings. The van der Waals surface area contributed by atoms with Crippen molar-refractivity contribution in [2.75, 3.05) is 0 Å². The highest BCUT2D eigenvalue weighted by Crippen LogP contribution is 2.28. The fourth-order valence-electron chi connectivity index (χ4n) is 3.44. The van der Waals surface area contributed by atoms with E-state index in [2.05, 4.69) is 19.7 Å². The zero-order valence-corrected chi connectivity index (χ0v) is 14.0. The molecule has 0 saturated heterocycles. The molecule has 0 N–H and O–H groups in total. The van der Waals surface area contributed by atoms with Crippen LogP contribution < -0.4 is 5.56 Å². The van der Waals surface area contributed by atoms with Crippen molar-refractivity contribution in [1.82, 2.24) is 24.3 Å². The molecular weight excluding hydrogens is 326 g/mol. The van der Waals surface area contributed by atoms with Crippen molar-refractivity contribution in [3.8, 4) is 0 Å². The molecule has 0 unspecified atom stereocenters. The molecule has 0 spiro atoms. The molecule has 0 bridgehead atoms. The Kier molecular flexibility index (Phi) is 4.06. The summed E-state index contributed by atoms with van der Waals surface area (Å²) in [5.74, 6) is 0. The molecule has 0 aliphatic heterocycles. The SMILES string of the molecule is O=c1c2cnc(Cl)cc2ncn1Cc1ccnn1C1CCCCC1. The Morgan fingerprint density at radius 3 is 2.88 bits per heavy atom. The molecule has 4 rings (SSSR count). The van der Waals surface area contributed by atoms with Gasteiger partial charge < -0.3 is 0 Å². The van der Waals surface area contributed by atoms with Crippen LogP contribution in [0, 0.1) is 0 Å². The van der Waals surface area contributed by atoms with Crippen molar-refractivity contribution in [1.29, 1.82) is 0 Å². The maximum Gasteiger partial charge on any atom is 0.263 e. The maximum atomic E-state index is 12.7. The van der Waals surface area contributed by atoms with Crippen LogP contribution in [-0.4, -0.2) is 24.3 Å². The lowest BCUT2D eigenvalue weighted by Gasteiger charge is -2.24. The number of hydrogen-bond donors (Lipinski definition) is 0. The fraction of sp³-hybridized carbons (Fsp3) is 0.412. The van der Waals surface area contributed by atoms with Gasteiger partial charge >= 0.3 is 0 Å². The van der Waals surface area contributed by atoms with Crippen LogP contribution in [0.1, 0.15) is 43.8 Å². The third-order valence-corrected chi connectivity index (χ3v) is 4.89. The van der Waals surface area contributed by atoms with Gasteiger partial charge in [-0.15, -0.1) is 0 Å². The van der Waals surface area contributed by atoms with Crippen molar-refractivity contribution in [3.05, 3.63) is 52.1 Å². The molecule has 24 heavy (non-hydrogen) atoms. The van der Waals surface area contributed by atoms with Crippen molar-refractivity contribution < 1.29 is 0 Å². The monoisotopic (exact) mass is 343 g/mol. The van der Waals surface area contributed by atoms with Crippen LogP contribution in [0.4, 0.5) is 0 Å². The zero-order chi connectivity index (χ0) is 16.5. The summed E-state index contributed by atoms with van der Waals surface area (Å²) in [5, 5.41) is 5.30. The molecule has 3 heterocycles. The first kappa shape index (κ1) is 15.3. The summed E-state index contributed by atoms with van der Waals surface area (Å²) >= 11 is 5.86. The summed E-state index contributed by atoms with van der Waals surface area (Å²) < 4.78 is 3.68. The number of fused-ring (bicyclic) bond motifs is 1. The smallest absolute Gasteiger partial charge is 0.263 e. The second kappa shape index (κ2) is 6.36. The molecule has 3 aromatic heterocycles. The molecule has 0 atom stereocenters. The first-order valence-corrected chi connectivity index (χ1v) is 8.63. The lowest BCUT2D eigenvalue weighted by Crippen LogP contribution is -2.24. The Balaban J connectivity index is 1.68. The summed E-state index contributed by atoms with van der Waals surface area (Å²) in [4.78, 5) is 21.0. The van der Waals surface area contributed by atoms with E-state index in [4.69, 9.17) is 11.6 Å². The summed E-state index contributed by atoms with van der Waals surface area (Å²) in [5.41, 5.74) is 1.49. The third kappa shape index (κ3) is 2.82. The molecule has 1 aliphatic carbocycles. The van der Waals surface area contributed by atoms with Crippen LogP contribution in [-0.2, 0) is 6.54 Å². The highest BCUT2D eigenvalue weighted by molar-refractivity contribution is 6.29. The normalized spacial score (nSPS) is 15.9. The number of nitrogens with zero attached hydrogens (tertiary/aromatic N) is 5. The van der Waals surface area contributed by atoms with Crippen molar-refractivity contribution in [2.24, 2.45) is 0 Å². The maximum absolute atomic E-state index is 12.7. The average molecular weight is 344 g/mol. The van der Waals surface area contributed by atoms with Crippen LogP contribution in [0.3, 0.4) is 0 Å². The molecule has 0 amide bonds. The summed E-state index contributed by atoms with van der Waals surface area (Å²) in [7, 11) is 0. The van der Waals surface area contributed by atoms with Crippen LogP contribution in [0.5, 0.6) is 0 Å². The van der Waals surface area contributed by atoms with E-state index in [0.29, 0.717) is 28.6 Å². The topological polar surface area (TPSA) is 65.6 Å². The Labute approximate surface area is 144 Å². The minimum Gasteiger partial charge on any atom is -0.293 e. The molecule has 3 aromatic rings. The van der Waals surface area contributed by atoms with E-state index in [1.54, 1.807) is 17.0 Å². The molecular formula is C17H18ClN5O. The molecule has 7 heteroatoms. The van der Waals surface area contributed by atoms with Gasteiger partial charge in [-0.3, -0.25) is 14.0 Å². The average Bonchev–Trinajstić information content (AvgIpc) is 3.06. The van der Waals surface area contributed by atoms with Crippen molar-refractivity contribution in [2.45, 2.75) is 44.7 Å². The fourth-order valence-corrected chi connectivity index (χ4v) is 3.59. The summed E-state index contributed by atoms with van der Waals surface area (Å²) in [6.07, 6.45) is 11.0. The largest absolute Gasteiger partial charge is 0.293 e. The van der Waals surface area contributed by atoms with E-state index in [-0.39, 0.29) is 5.56 Å². The standard InChI is InChI=1S/C17H18ClN5O/c18-16-8-15-14(9-19-16)17(24)22(11-20-15)10-13-6-7-21-23(13)12-4-2-1-3-5-12/h6-9,11-12H,1-5,10H2. The van der Waals surface area contributed by atoms with Gasteiger partial charge in [0.2, 0.25) is 0 Å². The van der Waals surface area contributed by atoms with Gasteiger partial charge in [-0.2, -0.15) is 5.10 Å². The van der Waals surface area contributed by atoms with Gasteiger partial charge in [0.25, 0.3) is 5.56 Å². The van der Waals surface area contributed by atoms with E-state index >= 15 is 0 Å². The molecule has 0 aromatic carbocycles. The highest BCUT2D eigenvalue weighted by atomic mass is 35.5. The molecule has 0 radical (unpaired) electrons. The number of rotatable bonds is 3. The quantitative estimate of drug-likeness (QED) is 0.685. The van der Waals surface area contributed by atoms with Gasteiger partial charge in [-0.25, -0.2) is 9.97 Å². The second-order valence-corrected chi connectivity index (χ2v) is 6.65. The Morgan fingerprint density at radius 2 is 2.04 bits per heavy atom. The van der Waals surface area contributed by atoms with Gasteiger partial charge in [0, 0.05) is 18.5 Å². The van der Waals surface area contributed by atoms with Crippen molar-refractivity contribution in [3.63, 3.8) is 0 Å². The van der Waals surface area contributed by atoms with Gasteiger partial charge in [-0.05, 0) is 18.9 Å². The number of aromatic nitrogens is 5. The predicted octanol–water partition coefficient (Wildman–Crippen LogP) is 3.19. The third-order valence-electron chi connectivity index (χ3n) is 4.68. The predicted molar refractivity (Wildman–Crippen MR) is 92.3 cm³/mol. The van der Waals surface area contributed by atoms with E-state index < -0.39 is 0 Å². The van der Waals surface area contributed by atoms with Gasteiger partial charge in [-0.1, -0.05) is 30.9 Å². The first-order valence-electron chi connectivity index (χ1n) is 8.25. The number of halogens is 1. The summed E-state index contributed by atoms with van der Waals surface area (Å²) in [6.45, 7) is 0.459. The summed E-state index contributed by atoms with van der Waals surface area (Å²) in [6, 6.07) is 4.02. The van der Waals surface area contributed by atoms with Crippen molar-refractivity contribution >= 4 is 22.5 Å². The Bertz CT molecular complexity index is 926. The van der Waals surface area contributed by atoms with Crippen LogP contribution >= 0.6 is 11.6 Å². The van der Waals surface area contributed by atoms with Crippen LogP contribution in [0.25, 0.3) is 10.9 Å². The minimum absolute atomic E-state index is 0.111. The second-order valence-electron chi connectivity index (χ2n) is 6.26. The van der Waals surface area contributed by atoms with E-state index in [1.807, 2.05) is 12.3 Å². The molecule has 1 fully saturated rings. The minimum atomic E-state index is -0.111. The van der Waals surface area contributed by atoms with Crippen LogP contribution in [0.2, 0.25) is 5.15 Å². The number of hydrogen-bond acceptors (Lipinski definition) is 4. The Hall–Kier alpha value is -2.21. The van der Waals surface area contributed by atoms with E-state index in [1.165, 1.54) is 25.5 Å². The first-order chi connectivity index (χ1) is 11.7. The molecule has 6 nitrogen and oxygen atoms in total. The number of pyridine rings is 1. The molecule has 124 valence electrons. The van der Waals surface area contributed by atoms with Crippen LogP contribution in [0.15, 0.2) is 35.6 Å². The highest BCUT2D eigenvalue weighted by Gasteiger charge is 2.18. The van der Waals surface area contributed by atoms with E-state index in [9.17, 15) is 4.79 Å². The van der Waals surface area contributed by atoms with Gasteiger partial charge in [0.1, 0.15) is 5.15 Å².